The molecule has 0 bridgehead atoms. The van der Waals surface area contributed by atoms with Gasteiger partial charge in [-0.15, -0.1) is 0 Å². The normalized spacial score (nSPS) is 12.8. The van der Waals surface area contributed by atoms with E-state index in [9.17, 15) is 18.0 Å². The summed E-state index contributed by atoms with van der Waals surface area (Å²) in [4.78, 5) is 10.2. The minimum absolute atomic E-state index is 0.275. The molecule has 6 heteroatoms. The number of rotatable bonds is 4. The first-order valence-electron chi connectivity index (χ1n) is 3.92. The third-order valence-corrected chi connectivity index (χ3v) is 1.74. The zero-order valence-electron chi connectivity index (χ0n) is 7.53. The molecule has 0 aliphatic rings. The first-order valence-corrected chi connectivity index (χ1v) is 4.30. The number of carbonyl (C=O) groups excluding carboxylic acids is 1. The van der Waals surface area contributed by atoms with Crippen LogP contribution in [0.5, 0.6) is 0 Å². The van der Waals surface area contributed by atoms with Gasteiger partial charge < -0.3 is 4.74 Å². The maximum atomic E-state index is 11.6. The fraction of sp³-hybridized carbons (Fsp3) is 0.625. The van der Waals surface area contributed by atoms with Gasteiger partial charge in [0.2, 0.25) is 0 Å². The highest BCUT2D eigenvalue weighted by Crippen LogP contribution is 2.17. The van der Waals surface area contributed by atoms with E-state index in [1.807, 2.05) is 0 Å². The summed E-state index contributed by atoms with van der Waals surface area (Å²) in [5.74, 6) is -2.16. The lowest BCUT2D eigenvalue weighted by atomic mass is 10.3. The van der Waals surface area contributed by atoms with Crippen molar-refractivity contribution in [3.05, 3.63) is 11.1 Å². The van der Waals surface area contributed by atoms with Crippen molar-refractivity contribution in [2.45, 2.75) is 25.9 Å². The summed E-state index contributed by atoms with van der Waals surface area (Å²) in [6, 6.07) is 0. The maximum Gasteiger partial charge on any atom is 0.490 e. The van der Waals surface area contributed by atoms with Crippen molar-refractivity contribution in [3.63, 3.8) is 0 Å². The van der Waals surface area contributed by atoms with Gasteiger partial charge in [-0.2, -0.15) is 13.2 Å². The standard InChI is InChI=1S/C8H10ClF3O2/c1-2-6(9)4-3-5-14-7(13)8(10,11)12/h2H,3-5H2,1H3/b6-2-. The number of esters is 1. The van der Waals surface area contributed by atoms with E-state index in [1.54, 1.807) is 13.0 Å². The van der Waals surface area contributed by atoms with Gasteiger partial charge in [0, 0.05) is 5.03 Å². The number of ether oxygens (including phenoxy) is 1. The lowest BCUT2D eigenvalue weighted by Gasteiger charge is -2.06. The van der Waals surface area contributed by atoms with Gasteiger partial charge >= 0.3 is 12.1 Å². The van der Waals surface area contributed by atoms with Crippen LogP contribution in [0.25, 0.3) is 0 Å². The molecule has 82 valence electrons. The van der Waals surface area contributed by atoms with E-state index in [0.29, 0.717) is 11.5 Å². The molecule has 0 aliphatic carbocycles. The van der Waals surface area contributed by atoms with Crippen molar-refractivity contribution in [1.29, 1.82) is 0 Å². The average Bonchev–Trinajstić information content (AvgIpc) is 2.09. The Morgan fingerprint density at radius 3 is 2.50 bits per heavy atom. The predicted octanol–water partition coefficient (Wildman–Crippen LogP) is 3.01. The van der Waals surface area contributed by atoms with Crippen LogP contribution in [0.15, 0.2) is 11.1 Å². The Balaban J connectivity index is 3.61. The van der Waals surface area contributed by atoms with Crippen LogP contribution in [0.1, 0.15) is 19.8 Å². The topological polar surface area (TPSA) is 26.3 Å². The number of carbonyl (C=O) groups is 1. The van der Waals surface area contributed by atoms with Crippen LogP contribution in [-0.2, 0) is 9.53 Å². The van der Waals surface area contributed by atoms with E-state index >= 15 is 0 Å². The summed E-state index contributed by atoms with van der Waals surface area (Å²) in [6.45, 7) is 1.44. The van der Waals surface area contributed by atoms with E-state index in [1.165, 1.54) is 0 Å². The van der Waals surface area contributed by atoms with Crippen molar-refractivity contribution in [2.75, 3.05) is 6.61 Å². The van der Waals surface area contributed by atoms with Crippen molar-refractivity contribution in [2.24, 2.45) is 0 Å². The Hall–Kier alpha value is -0.710. The predicted molar refractivity (Wildman–Crippen MR) is 45.9 cm³/mol. The summed E-state index contributed by atoms with van der Waals surface area (Å²) < 4.78 is 38.7. The largest absolute Gasteiger partial charge is 0.490 e. The number of halogens is 4. The monoisotopic (exact) mass is 230 g/mol. The summed E-state index contributed by atoms with van der Waals surface area (Å²) in [5, 5.41) is 0.535. The van der Waals surface area contributed by atoms with Crippen molar-refractivity contribution >= 4 is 17.6 Å². The third kappa shape index (κ3) is 5.85. The second-order valence-corrected chi connectivity index (χ2v) is 2.96. The maximum absolute atomic E-state index is 11.6. The van der Waals surface area contributed by atoms with E-state index in [-0.39, 0.29) is 13.0 Å². The molecule has 0 rings (SSSR count). The fourth-order valence-electron chi connectivity index (χ4n) is 0.632. The Bertz CT molecular complexity index is 223. The molecule has 0 aromatic rings. The molecule has 2 nitrogen and oxygen atoms in total. The Labute approximate surface area is 84.7 Å². The van der Waals surface area contributed by atoms with Crippen molar-refractivity contribution < 1.29 is 22.7 Å². The van der Waals surface area contributed by atoms with E-state index in [2.05, 4.69) is 4.74 Å². The highest BCUT2D eigenvalue weighted by molar-refractivity contribution is 6.29. The molecule has 0 atom stereocenters. The average molecular weight is 231 g/mol. The van der Waals surface area contributed by atoms with Crippen LogP contribution >= 0.6 is 11.6 Å². The smallest absolute Gasteiger partial charge is 0.459 e. The molecule has 0 radical (unpaired) electrons. The Morgan fingerprint density at radius 2 is 2.07 bits per heavy atom. The molecule has 0 aliphatic heterocycles. The van der Waals surface area contributed by atoms with Gasteiger partial charge in [0.25, 0.3) is 0 Å². The van der Waals surface area contributed by atoms with Gasteiger partial charge in [0.05, 0.1) is 6.61 Å². The molecular formula is C8H10ClF3O2. The summed E-state index contributed by atoms with van der Waals surface area (Å²) in [6.07, 6.45) is -2.59. The number of hydrogen-bond donors (Lipinski definition) is 0. The molecule has 0 heterocycles. The second-order valence-electron chi connectivity index (χ2n) is 2.47. The van der Waals surface area contributed by atoms with E-state index in [0.717, 1.165) is 0 Å². The van der Waals surface area contributed by atoms with E-state index in [4.69, 9.17) is 11.6 Å². The van der Waals surface area contributed by atoms with Crippen LogP contribution in [0.2, 0.25) is 0 Å². The highest BCUT2D eigenvalue weighted by Gasteiger charge is 2.40. The highest BCUT2D eigenvalue weighted by atomic mass is 35.5. The molecule has 0 unspecified atom stereocenters. The Morgan fingerprint density at radius 1 is 1.50 bits per heavy atom. The summed E-state index contributed by atoms with van der Waals surface area (Å²) in [5.41, 5.74) is 0. The zero-order valence-corrected chi connectivity index (χ0v) is 8.28. The van der Waals surface area contributed by atoms with Crippen LogP contribution in [0, 0.1) is 0 Å². The van der Waals surface area contributed by atoms with Crippen LogP contribution in [0.3, 0.4) is 0 Å². The molecule has 0 spiro atoms. The number of allylic oxidation sites excluding steroid dienone is 2. The molecule has 0 N–H and O–H groups in total. The summed E-state index contributed by atoms with van der Waals surface area (Å²) in [7, 11) is 0. The SMILES string of the molecule is C/C=C(\Cl)CCCOC(=O)C(F)(F)F. The van der Waals surface area contributed by atoms with Gasteiger partial charge in [-0.3, -0.25) is 0 Å². The minimum Gasteiger partial charge on any atom is -0.459 e. The van der Waals surface area contributed by atoms with E-state index < -0.39 is 12.1 Å². The molecule has 0 aromatic heterocycles. The summed E-state index contributed by atoms with van der Waals surface area (Å²) >= 11 is 5.57. The first-order chi connectivity index (χ1) is 6.38. The molecule has 0 saturated heterocycles. The van der Waals surface area contributed by atoms with Gasteiger partial charge in [0.1, 0.15) is 0 Å². The molecule has 14 heavy (non-hydrogen) atoms. The number of hydrogen-bond acceptors (Lipinski definition) is 2. The van der Waals surface area contributed by atoms with Crippen LogP contribution in [0.4, 0.5) is 13.2 Å². The molecular weight excluding hydrogens is 221 g/mol. The lowest BCUT2D eigenvalue weighted by molar-refractivity contribution is -0.199. The van der Waals surface area contributed by atoms with Crippen molar-refractivity contribution in [3.8, 4) is 0 Å². The molecule has 0 fully saturated rings. The quantitative estimate of drug-likeness (QED) is 0.548. The fourth-order valence-corrected chi connectivity index (χ4v) is 0.766. The first kappa shape index (κ1) is 13.3. The second kappa shape index (κ2) is 5.90. The Kier molecular flexibility index (Phi) is 5.60. The van der Waals surface area contributed by atoms with Gasteiger partial charge in [-0.1, -0.05) is 17.7 Å². The number of alkyl halides is 3. The molecule has 0 saturated carbocycles. The zero-order chi connectivity index (χ0) is 11.2. The van der Waals surface area contributed by atoms with Gasteiger partial charge in [-0.25, -0.2) is 4.79 Å². The minimum atomic E-state index is -4.91. The molecule has 0 aromatic carbocycles. The van der Waals surface area contributed by atoms with Crippen LogP contribution in [-0.4, -0.2) is 18.8 Å². The van der Waals surface area contributed by atoms with Gasteiger partial charge in [-0.05, 0) is 19.8 Å². The lowest BCUT2D eigenvalue weighted by Crippen LogP contribution is -2.25. The van der Waals surface area contributed by atoms with Gasteiger partial charge in [0.15, 0.2) is 0 Å². The molecule has 0 amide bonds. The van der Waals surface area contributed by atoms with Crippen LogP contribution < -0.4 is 0 Å². The third-order valence-electron chi connectivity index (χ3n) is 1.34. The van der Waals surface area contributed by atoms with Crippen molar-refractivity contribution in [1.82, 2.24) is 0 Å².